The average Bonchev–Trinajstić information content (AvgIpc) is 3.36. The van der Waals surface area contributed by atoms with Crippen LogP contribution in [-0.4, -0.2) is 43.6 Å². The number of hydrogen-bond acceptors (Lipinski definition) is 7. The molecule has 9 heteroatoms. The molecule has 3 aromatic heterocycles. The summed E-state index contributed by atoms with van der Waals surface area (Å²) in [7, 11) is 0. The van der Waals surface area contributed by atoms with Gasteiger partial charge in [-0.3, -0.25) is 9.20 Å². The number of nitrogens with two attached hydrogens (primary N) is 1. The lowest BCUT2D eigenvalue weighted by atomic mass is 9.95. The summed E-state index contributed by atoms with van der Waals surface area (Å²) in [5, 5.41) is 7.80. The third-order valence-corrected chi connectivity index (χ3v) is 8.29. The van der Waals surface area contributed by atoms with E-state index in [1.807, 2.05) is 42.2 Å². The van der Waals surface area contributed by atoms with E-state index < -0.39 is 0 Å². The van der Waals surface area contributed by atoms with E-state index in [1.54, 1.807) is 30.6 Å². The highest BCUT2D eigenvalue weighted by Gasteiger charge is 2.54. The maximum Gasteiger partial charge on any atom is 0.256 e. The van der Waals surface area contributed by atoms with Crippen LogP contribution < -0.4 is 16.4 Å². The second-order valence-electron chi connectivity index (χ2n) is 8.94. The second kappa shape index (κ2) is 8.41. The van der Waals surface area contributed by atoms with Gasteiger partial charge in [-0.2, -0.15) is 0 Å². The molecule has 1 spiro atoms. The van der Waals surface area contributed by atoms with Crippen LogP contribution in [0, 0.1) is 5.41 Å². The number of rotatable bonds is 5. The monoisotopic (exact) mass is 471 g/mol. The highest BCUT2D eigenvalue weighted by Crippen LogP contribution is 2.60. The number of benzene rings is 1. The molecule has 1 aromatic carbocycles. The summed E-state index contributed by atoms with van der Waals surface area (Å²) in [6, 6.07) is 12.8. The Hall–Kier alpha value is -3.43. The first-order valence-corrected chi connectivity index (χ1v) is 12.3. The highest BCUT2D eigenvalue weighted by atomic mass is 32.2. The van der Waals surface area contributed by atoms with Crippen molar-refractivity contribution in [3.63, 3.8) is 0 Å². The molecule has 8 nitrogen and oxygen atoms in total. The molecule has 34 heavy (non-hydrogen) atoms. The average molecular weight is 472 g/mol. The molecule has 1 atom stereocenters. The van der Waals surface area contributed by atoms with Gasteiger partial charge < -0.3 is 16.4 Å². The molecular formula is C25H25N7OS. The molecule has 2 fully saturated rings. The fourth-order valence-electron chi connectivity index (χ4n) is 4.78. The molecule has 0 bridgehead atoms. The Morgan fingerprint density at radius 2 is 1.94 bits per heavy atom. The number of carbonyl (C=O) groups is 1. The Bertz CT molecular complexity index is 1350. The van der Waals surface area contributed by atoms with Crippen LogP contribution in [0.2, 0.25) is 0 Å². The van der Waals surface area contributed by atoms with Crippen molar-refractivity contribution in [2.75, 3.05) is 24.1 Å². The van der Waals surface area contributed by atoms with Crippen molar-refractivity contribution >= 4 is 34.8 Å². The molecule has 1 saturated carbocycles. The summed E-state index contributed by atoms with van der Waals surface area (Å²) in [5.74, 6) is 0.753. The number of piperidine rings is 1. The van der Waals surface area contributed by atoms with E-state index in [-0.39, 0.29) is 5.91 Å². The lowest BCUT2D eigenvalue weighted by Crippen LogP contribution is -2.30. The second-order valence-corrected chi connectivity index (χ2v) is 10.1. The minimum atomic E-state index is -0.210. The molecule has 2 aliphatic rings. The number of pyridine rings is 1. The van der Waals surface area contributed by atoms with Crippen molar-refractivity contribution in [3.05, 3.63) is 66.6 Å². The topological polar surface area (TPSA) is 110 Å². The standard InChI is InChI=1S/C25H25N7OS/c26-22-21-20(16-4-6-17(7-5-16)23(33)30-19-3-1-2-10-28-19)31-24(32(21)14-13-29-22)34-18-15-25(18)8-11-27-12-9-25/h1-7,10,13-14,18,27H,8-9,11-12,15H2,(H2,26,29)(H,28,30,33). The highest BCUT2D eigenvalue weighted by molar-refractivity contribution is 8.00. The molecule has 0 radical (unpaired) electrons. The first-order chi connectivity index (χ1) is 16.6. The van der Waals surface area contributed by atoms with Gasteiger partial charge in [-0.25, -0.2) is 15.0 Å². The molecule has 4 aromatic rings. The molecule has 1 unspecified atom stereocenters. The predicted molar refractivity (Wildman–Crippen MR) is 134 cm³/mol. The third-order valence-electron chi connectivity index (χ3n) is 6.84. The van der Waals surface area contributed by atoms with Gasteiger partial charge in [-0.05, 0) is 62.0 Å². The Kier molecular flexibility index (Phi) is 5.23. The molecule has 6 rings (SSSR count). The number of nitrogens with one attached hydrogen (secondary N) is 2. The quantitative estimate of drug-likeness (QED) is 0.405. The van der Waals surface area contributed by atoms with Gasteiger partial charge in [0.25, 0.3) is 5.91 Å². The number of imidazole rings is 1. The van der Waals surface area contributed by atoms with Gasteiger partial charge in [0.1, 0.15) is 22.8 Å². The molecule has 1 amide bonds. The first-order valence-electron chi connectivity index (χ1n) is 11.5. The van der Waals surface area contributed by atoms with Crippen LogP contribution in [0.3, 0.4) is 0 Å². The largest absolute Gasteiger partial charge is 0.382 e. The Labute approximate surface area is 201 Å². The SMILES string of the molecule is Nc1nccn2c(SC3CC34CCNCC4)nc(-c3ccc(C(=O)Nc4ccccn4)cc3)c12. The summed E-state index contributed by atoms with van der Waals surface area (Å²) in [6.45, 7) is 2.20. The lowest BCUT2D eigenvalue weighted by Gasteiger charge is -2.23. The van der Waals surface area contributed by atoms with Crippen LogP contribution in [0.1, 0.15) is 29.6 Å². The summed E-state index contributed by atoms with van der Waals surface area (Å²) in [4.78, 5) is 26.1. The normalized spacial score (nSPS) is 18.8. The molecule has 1 aliphatic carbocycles. The van der Waals surface area contributed by atoms with Crippen molar-refractivity contribution in [1.82, 2.24) is 24.7 Å². The molecule has 1 aliphatic heterocycles. The number of aromatic nitrogens is 4. The van der Waals surface area contributed by atoms with Crippen LogP contribution >= 0.6 is 11.8 Å². The summed E-state index contributed by atoms with van der Waals surface area (Å²) in [5.41, 5.74) is 9.77. The fraction of sp³-hybridized carbons (Fsp3) is 0.280. The van der Waals surface area contributed by atoms with E-state index in [0.717, 1.165) is 35.0 Å². The van der Waals surface area contributed by atoms with Crippen molar-refractivity contribution < 1.29 is 4.79 Å². The molecule has 4 heterocycles. The van der Waals surface area contributed by atoms with Crippen LogP contribution in [-0.2, 0) is 0 Å². The van der Waals surface area contributed by atoms with Gasteiger partial charge in [-0.1, -0.05) is 30.0 Å². The van der Waals surface area contributed by atoms with Crippen molar-refractivity contribution in [2.45, 2.75) is 29.7 Å². The smallest absolute Gasteiger partial charge is 0.256 e. The van der Waals surface area contributed by atoms with Crippen molar-refractivity contribution in [3.8, 4) is 11.3 Å². The van der Waals surface area contributed by atoms with Gasteiger partial charge >= 0.3 is 0 Å². The third kappa shape index (κ3) is 3.80. The molecule has 1 saturated heterocycles. The molecule has 4 N–H and O–H groups in total. The Balaban J connectivity index is 1.28. The molecular weight excluding hydrogens is 446 g/mol. The van der Waals surface area contributed by atoms with E-state index in [2.05, 4.69) is 25.0 Å². The Morgan fingerprint density at radius 1 is 1.12 bits per heavy atom. The van der Waals surface area contributed by atoms with Gasteiger partial charge in [0, 0.05) is 35.0 Å². The van der Waals surface area contributed by atoms with Crippen molar-refractivity contribution in [1.29, 1.82) is 0 Å². The minimum absolute atomic E-state index is 0.210. The summed E-state index contributed by atoms with van der Waals surface area (Å²) in [6.07, 6.45) is 8.99. The number of nitrogens with zero attached hydrogens (tertiary/aromatic N) is 4. The van der Waals surface area contributed by atoms with Crippen LogP contribution in [0.5, 0.6) is 0 Å². The van der Waals surface area contributed by atoms with E-state index in [1.165, 1.54) is 19.3 Å². The zero-order chi connectivity index (χ0) is 23.1. The number of amides is 1. The maximum absolute atomic E-state index is 12.6. The number of anilines is 2. The first kappa shape index (κ1) is 21.1. The number of fused-ring (bicyclic) bond motifs is 1. The van der Waals surface area contributed by atoms with Crippen LogP contribution in [0.15, 0.2) is 66.2 Å². The zero-order valence-corrected chi connectivity index (χ0v) is 19.4. The zero-order valence-electron chi connectivity index (χ0n) is 18.6. The van der Waals surface area contributed by atoms with Crippen molar-refractivity contribution in [2.24, 2.45) is 5.41 Å². The minimum Gasteiger partial charge on any atom is -0.382 e. The van der Waals surface area contributed by atoms with E-state index in [0.29, 0.717) is 27.9 Å². The lowest BCUT2D eigenvalue weighted by molar-refractivity contribution is 0.102. The van der Waals surface area contributed by atoms with E-state index in [4.69, 9.17) is 10.7 Å². The van der Waals surface area contributed by atoms with E-state index >= 15 is 0 Å². The maximum atomic E-state index is 12.6. The number of hydrogen-bond donors (Lipinski definition) is 3. The Morgan fingerprint density at radius 3 is 2.71 bits per heavy atom. The van der Waals surface area contributed by atoms with Gasteiger partial charge in [0.15, 0.2) is 5.16 Å². The fourth-order valence-corrected chi connectivity index (χ4v) is 6.35. The number of thioether (sulfide) groups is 1. The number of carbonyl (C=O) groups excluding carboxylic acids is 1. The molecule has 172 valence electrons. The van der Waals surface area contributed by atoms with Gasteiger partial charge in [0.2, 0.25) is 0 Å². The van der Waals surface area contributed by atoms with Gasteiger partial charge in [0.05, 0.1) is 0 Å². The van der Waals surface area contributed by atoms with E-state index in [9.17, 15) is 4.79 Å². The van der Waals surface area contributed by atoms with Gasteiger partial charge in [-0.15, -0.1) is 0 Å². The predicted octanol–water partition coefficient (Wildman–Crippen LogP) is 3.86. The van der Waals surface area contributed by atoms with Crippen LogP contribution in [0.25, 0.3) is 16.8 Å². The van der Waals surface area contributed by atoms with Crippen LogP contribution in [0.4, 0.5) is 11.6 Å². The number of nitrogen functional groups attached to an aromatic ring is 1. The summed E-state index contributed by atoms with van der Waals surface area (Å²) >= 11 is 1.85. The summed E-state index contributed by atoms with van der Waals surface area (Å²) < 4.78 is 2.05.